The average molecular weight is 344 g/mol. The molecule has 0 radical (unpaired) electrons. The number of carbonyl (C=O) groups is 3. The second kappa shape index (κ2) is 6.90. The SMILES string of the molecule is CCCCCNC1(OC)C(=O)N2C(C(=O)O)=C(C(=O)O)CS[C@H]21. The number of ether oxygens (including phenoxy) is 1. The lowest BCUT2D eigenvalue weighted by Crippen LogP contribution is -2.80. The van der Waals surface area contributed by atoms with Crippen LogP contribution in [-0.2, 0) is 19.1 Å². The van der Waals surface area contributed by atoms with Crippen molar-refractivity contribution in [3.8, 4) is 0 Å². The molecule has 0 aliphatic carbocycles. The molecule has 23 heavy (non-hydrogen) atoms. The number of carboxylic acid groups (broad SMARTS) is 2. The molecule has 8 nitrogen and oxygen atoms in total. The normalized spacial score (nSPS) is 26.8. The summed E-state index contributed by atoms with van der Waals surface area (Å²) < 4.78 is 5.37. The predicted molar refractivity (Wildman–Crippen MR) is 82.7 cm³/mol. The molecule has 0 aromatic heterocycles. The van der Waals surface area contributed by atoms with Crippen molar-refractivity contribution in [3.63, 3.8) is 0 Å². The Morgan fingerprint density at radius 2 is 2.09 bits per heavy atom. The van der Waals surface area contributed by atoms with Gasteiger partial charge in [0.25, 0.3) is 5.91 Å². The van der Waals surface area contributed by atoms with Gasteiger partial charge in [-0.15, -0.1) is 11.8 Å². The second-order valence-electron chi connectivity index (χ2n) is 5.35. The number of fused-ring (bicyclic) bond motifs is 1. The molecule has 1 unspecified atom stereocenters. The van der Waals surface area contributed by atoms with Crippen molar-refractivity contribution in [3.05, 3.63) is 11.3 Å². The van der Waals surface area contributed by atoms with Crippen molar-refractivity contribution in [2.75, 3.05) is 19.4 Å². The van der Waals surface area contributed by atoms with E-state index in [1.54, 1.807) is 0 Å². The Labute approximate surface area is 137 Å². The van der Waals surface area contributed by atoms with Crippen molar-refractivity contribution in [1.29, 1.82) is 0 Å². The fourth-order valence-corrected chi connectivity index (χ4v) is 4.21. The van der Waals surface area contributed by atoms with Crippen LogP contribution in [0.15, 0.2) is 11.3 Å². The maximum Gasteiger partial charge on any atom is 0.353 e. The minimum atomic E-state index is -1.42. The third kappa shape index (κ3) is 2.84. The molecule has 9 heteroatoms. The standard InChI is InChI=1S/C14H20N2O6S/c1-3-4-5-6-15-14(22-2)12(21)16-9(11(19)20)8(10(17)18)7-23-13(14)16/h13,15H,3-7H2,1-2H3,(H,17,18)(H,19,20)/t13-,14?/m0/s1. The van der Waals surface area contributed by atoms with Gasteiger partial charge in [0.05, 0.1) is 5.57 Å². The minimum Gasteiger partial charge on any atom is -0.478 e. The number of nitrogens with one attached hydrogen (secondary N) is 1. The van der Waals surface area contributed by atoms with Crippen LogP contribution in [0.5, 0.6) is 0 Å². The van der Waals surface area contributed by atoms with Crippen LogP contribution in [-0.4, -0.2) is 63.5 Å². The van der Waals surface area contributed by atoms with Gasteiger partial charge < -0.3 is 14.9 Å². The maximum absolute atomic E-state index is 12.5. The first kappa shape index (κ1) is 17.8. The highest BCUT2D eigenvalue weighted by atomic mass is 32.2. The van der Waals surface area contributed by atoms with Gasteiger partial charge >= 0.3 is 11.9 Å². The molecule has 2 atom stereocenters. The molecule has 2 aliphatic rings. The molecule has 1 saturated heterocycles. The van der Waals surface area contributed by atoms with E-state index >= 15 is 0 Å². The molecule has 0 saturated carbocycles. The summed E-state index contributed by atoms with van der Waals surface area (Å²) in [6.45, 7) is 2.63. The van der Waals surface area contributed by atoms with E-state index in [1.165, 1.54) is 18.9 Å². The van der Waals surface area contributed by atoms with E-state index in [4.69, 9.17) is 9.84 Å². The molecule has 0 aromatic rings. The topological polar surface area (TPSA) is 116 Å². The Morgan fingerprint density at radius 3 is 2.61 bits per heavy atom. The summed E-state index contributed by atoms with van der Waals surface area (Å²) in [5, 5.41) is 20.9. The zero-order chi connectivity index (χ0) is 17.2. The van der Waals surface area contributed by atoms with Gasteiger partial charge in [0.15, 0.2) is 0 Å². The molecular formula is C14H20N2O6S. The molecule has 2 heterocycles. The second-order valence-corrected chi connectivity index (χ2v) is 6.42. The zero-order valence-corrected chi connectivity index (χ0v) is 13.8. The van der Waals surface area contributed by atoms with Crippen molar-refractivity contribution >= 4 is 29.6 Å². The van der Waals surface area contributed by atoms with Crippen LogP contribution in [0, 0.1) is 0 Å². The Hall–Kier alpha value is -1.58. The number of β-lactam (4-membered cyclic amide) rings is 1. The van der Waals surface area contributed by atoms with Crippen molar-refractivity contribution in [2.45, 2.75) is 37.3 Å². The molecule has 0 bridgehead atoms. The van der Waals surface area contributed by atoms with Crippen LogP contribution in [0.4, 0.5) is 0 Å². The van der Waals surface area contributed by atoms with Crippen molar-refractivity contribution in [1.82, 2.24) is 10.2 Å². The van der Waals surface area contributed by atoms with E-state index in [-0.39, 0.29) is 11.3 Å². The van der Waals surface area contributed by atoms with E-state index < -0.39 is 34.6 Å². The highest BCUT2D eigenvalue weighted by Crippen LogP contribution is 2.46. The third-order valence-corrected chi connectivity index (χ3v) is 5.30. The zero-order valence-electron chi connectivity index (χ0n) is 13.0. The van der Waals surface area contributed by atoms with Crippen molar-refractivity contribution < 1.29 is 29.3 Å². The van der Waals surface area contributed by atoms with Gasteiger partial charge in [0, 0.05) is 12.9 Å². The summed E-state index contributed by atoms with van der Waals surface area (Å²) in [6.07, 6.45) is 2.91. The lowest BCUT2D eigenvalue weighted by molar-refractivity contribution is -0.191. The van der Waals surface area contributed by atoms with E-state index in [0.717, 1.165) is 24.2 Å². The van der Waals surface area contributed by atoms with Gasteiger partial charge in [0.1, 0.15) is 11.1 Å². The van der Waals surface area contributed by atoms with Gasteiger partial charge in [-0.1, -0.05) is 19.8 Å². The number of rotatable bonds is 8. The average Bonchev–Trinajstić information content (AvgIpc) is 2.53. The number of aliphatic carboxylic acids is 2. The number of thioether (sulfide) groups is 1. The highest BCUT2D eigenvalue weighted by Gasteiger charge is 2.65. The van der Waals surface area contributed by atoms with E-state index in [2.05, 4.69) is 12.2 Å². The number of carboxylic acids is 2. The van der Waals surface area contributed by atoms with Crippen LogP contribution >= 0.6 is 11.8 Å². The van der Waals surface area contributed by atoms with Gasteiger partial charge in [0.2, 0.25) is 5.72 Å². The number of hydrogen-bond donors (Lipinski definition) is 3. The molecular weight excluding hydrogens is 324 g/mol. The third-order valence-electron chi connectivity index (χ3n) is 3.98. The molecule has 1 amide bonds. The Morgan fingerprint density at radius 1 is 1.39 bits per heavy atom. The first-order valence-corrected chi connectivity index (χ1v) is 8.40. The summed E-state index contributed by atoms with van der Waals surface area (Å²) in [5.74, 6) is -3.30. The summed E-state index contributed by atoms with van der Waals surface area (Å²) in [4.78, 5) is 36.2. The maximum atomic E-state index is 12.5. The Bertz CT molecular complexity index is 563. The summed E-state index contributed by atoms with van der Waals surface area (Å²) in [6, 6.07) is 0. The van der Waals surface area contributed by atoms with E-state index in [0.29, 0.717) is 6.54 Å². The molecule has 1 fully saturated rings. The van der Waals surface area contributed by atoms with Crippen LogP contribution in [0.2, 0.25) is 0 Å². The van der Waals surface area contributed by atoms with E-state index in [9.17, 15) is 19.5 Å². The Balaban J connectivity index is 2.24. The van der Waals surface area contributed by atoms with Gasteiger partial charge in [-0.05, 0) is 13.0 Å². The molecule has 0 spiro atoms. The predicted octanol–water partition coefficient (Wildman–Crippen LogP) is 0.447. The van der Waals surface area contributed by atoms with Gasteiger partial charge in [-0.2, -0.15) is 0 Å². The monoisotopic (exact) mass is 344 g/mol. The molecule has 0 aromatic carbocycles. The van der Waals surface area contributed by atoms with E-state index in [1.807, 2.05) is 0 Å². The van der Waals surface area contributed by atoms with Gasteiger partial charge in [-0.3, -0.25) is 15.0 Å². The Kier molecular flexibility index (Phi) is 5.33. The molecule has 128 valence electrons. The first-order valence-electron chi connectivity index (χ1n) is 7.35. The van der Waals surface area contributed by atoms with Crippen molar-refractivity contribution in [2.24, 2.45) is 0 Å². The molecule has 3 N–H and O–H groups in total. The lowest BCUT2D eigenvalue weighted by atomic mass is 9.98. The fourth-order valence-electron chi connectivity index (χ4n) is 2.76. The van der Waals surface area contributed by atoms with Crippen LogP contribution in [0.25, 0.3) is 0 Å². The highest BCUT2D eigenvalue weighted by molar-refractivity contribution is 8.00. The van der Waals surface area contributed by atoms with Gasteiger partial charge in [-0.25, -0.2) is 9.59 Å². The number of hydrogen-bond acceptors (Lipinski definition) is 6. The smallest absolute Gasteiger partial charge is 0.353 e. The fraction of sp³-hybridized carbons (Fsp3) is 0.643. The lowest BCUT2D eigenvalue weighted by Gasteiger charge is -2.55. The van der Waals surface area contributed by atoms with Crippen LogP contribution in [0.1, 0.15) is 26.2 Å². The van der Waals surface area contributed by atoms with Crippen LogP contribution in [0.3, 0.4) is 0 Å². The molecule has 2 aliphatic heterocycles. The number of methoxy groups -OCH3 is 1. The minimum absolute atomic E-state index is 0.00711. The summed E-state index contributed by atoms with van der Waals surface area (Å²) in [7, 11) is 1.39. The number of nitrogens with zero attached hydrogens (tertiary/aromatic N) is 1. The van der Waals surface area contributed by atoms with Crippen LogP contribution < -0.4 is 5.32 Å². The summed E-state index contributed by atoms with van der Waals surface area (Å²) in [5.41, 5.74) is -2.03. The first-order chi connectivity index (χ1) is 10.9. The number of amides is 1. The quantitative estimate of drug-likeness (QED) is 0.330. The number of unbranched alkanes of at least 4 members (excludes halogenated alkanes) is 2. The molecule has 2 rings (SSSR count). The number of carbonyl (C=O) groups excluding carboxylic acids is 1. The summed E-state index contributed by atoms with van der Waals surface area (Å²) >= 11 is 1.19. The largest absolute Gasteiger partial charge is 0.478 e.